The van der Waals surface area contributed by atoms with Gasteiger partial charge in [-0.3, -0.25) is 14.6 Å². The Balaban J connectivity index is 1.27. The summed E-state index contributed by atoms with van der Waals surface area (Å²) in [4.78, 5) is 41.1. The number of hydrogen-bond donors (Lipinski definition) is 2. The lowest BCUT2D eigenvalue weighted by molar-refractivity contribution is -0.121. The van der Waals surface area contributed by atoms with E-state index in [2.05, 4.69) is 32.1 Å². The molecule has 1 atom stereocenters. The summed E-state index contributed by atoms with van der Waals surface area (Å²) >= 11 is 0. The van der Waals surface area contributed by atoms with Crippen LogP contribution < -0.4 is 20.7 Å². The average molecular weight is 457 g/mol. The summed E-state index contributed by atoms with van der Waals surface area (Å²) in [7, 11) is 0. The van der Waals surface area contributed by atoms with Crippen molar-refractivity contribution in [1.29, 1.82) is 0 Å². The zero-order chi connectivity index (χ0) is 23.2. The number of carbonyl (C=O) groups is 1. The van der Waals surface area contributed by atoms with Crippen molar-refractivity contribution in [2.75, 3.05) is 55.8 Å². The molecule has 178 valence electrons. The molecule has 1 amide bonds. The number of carbonyl (C=O) groups excluding carboxylic acids is 1. The minimum absolute atomic E-state index is 0.114. The molecule has 4 heterocycles. The molecule has 33 heavy (non-hydrogen) atoms. The number of pyridine rings is 1. The summed E-state index contributed by atoms with van der Waals surface area (Å²) in [5.74, 6) is 1.37. The van der Waals surface area contributed by atoms with E-state index < -0.39 is 0 Å². The van der Waals surface area contributed by atoms with E-state index in [0.717, 1.165) is 24.5 Å². The summed E-state index contributed by atoms with van der Waals surface area (Å²) in [6, 6.07) is 3.95. The van der Waals surface area contributed by atoms with Crippen molar-refractivity contribution in [1.82, 2.24) is 20.3 Å². The van der Waals surface area contributed by atoms with Gasteiger partial charge in [0, 0.05) is 56.6 Å². The molecule has 0 bridgehead atoms. The molecule has 0 aromatic carbocycles. The van der Waals surface area contributed by atoms with Crippen LogP contribution in [-0.4, -0.2) is 73.0 Å². The zero-order valence-electron chi connectivity index (χ0n) is 19.3. The van der Waals surface area contributed by atoms with Crippen LogP contribution in [0.4, 0.5) is 11.8 Å². The largest absolute Gasteiger partial charge is 0.378 e. The van der Waals surface area contributed by atoms with Gasteiger partial charge in [-0.05, 0) is 31.9 Å². The highest BCUT2D eigenvalue weighted by atomic mass is 16.5. The Morgan fingerprint density at radius 3 is 2.70 bits per heavy atom. The maximum Gasteiger partial charge on any atom is 0.255 e. The summed E-state index contributed by atoms with van der Waals surface area (Å²) in [6.07, 6.45) is 2.55. The number of nitrogens with zero attached hydrogens (tertiary/aromatic N) is 4. The number of anilines is 2. The number of aryl methyl sites for hydroxylation is 1. The highest BCUT2D eigenvalue weighted by Crippen LogP contribution is 2.15. The molecule has 0 saturated carbocycles. The Morgan fingerprint density at radius 1 is 1.21 bits per heavy atom. The van der Waals surface area contributed by atoms with Crippen molar-refractivity contribution in [2.24, 2.45) is 0 Å². The average Bonchev–Trinajstić information content (AvgIpc) is 2.83. The standard InChI is InChI=1S/C23H32N6O4/c1-16-15-29(9-12-33-16)20-5-3-18(13-24-20)14-25-21(30)6-4-19-17(2)26-23(27-22(19)31)28-7-10-32-11-8-28/h3,5,13,16H,4,6-12,14-15H2,1-2H3,(H,25,30)(H,26,27,31). The fraction of sp³-hybridized carbons (Fsp3) is 0.565. The highest BCUT2D eigenvalue weighted by molar-refractivity contribution is 5.76. The highest BCUT2D eigenvalue weighted by Gasteiger charge is 2.18. The minimum atomic E-state index is -0.186. The lowest BCUT2D eigenvalue weighted by Crippen LogP contribution is -2.41. The number of aromatic nitrogens is 3. The first-order chi connectivity index (χ1) is 16.0. The molecule has 10 nitrogen and oxygen atoms in total. The fourth-order valence-electron chi connectivity index (χ4n) is 4.08. The van der Waals surface area contributed by atoms with Gasteiger partial charge in [0.1, 0.15) is 5.82 Å². The fourth-order valence-corrected chi connectivity index (χ4v) is 4.08. The van der Waals surface area contributed by atoms with E-state index in [1.165, 1.54) is 0 Å². The summed E-state index contributed by atoms with van der Waals surface area (Å²) in [5.41, 5.74) is 1.95. The first kappa shape index (κ1) is 23.2. The minimum Gasteiger partial charge on any atom is -0.378 e. The third-order valence-corrected chi connectivity index (χ3v) is 5.99. The monoisotopic (exact) mass is 456 g/mol. The van der Waals surface area contributed by atoms with Crippen LogP contribution in [0.25, 0.3) is 0 Å². The molecule has 2 fully saturated rings. The molecule has 2 saturated heterocycles. The van der Waals surface area contributed by atoms with Gasteiger partial charge in [-0.25, -0.2) is 9.97 Å². The molecule has 1 unspecified atom stereocenters. The van der Waals surface area contributed by atoms with Gasteiger partial charge in [0.15, 0.2) is 0 Å². The van der Waals surface area contributed by atoms with Crippen LogP contribution >= 0.6 is 0 Å². The van der Waals surface area contributed by atoms with Crippen molar-refractivity contribution >= 4 is 17.7 Å². The van der Waals surface area contributed by atoms with E-state index in [1.807, 2.05) is 24.0 Å². The van der Waals surface area contributed by atoms with Crippen LogP contribution in [0, 0.1) is 6.92 Å². The van der Waals surface area contributed by atoms with E-state index in [9.17, 15) is 9.59 Å². The van der Waals surface area contributed by atoms with E-state index in [1.54, 1.807) is 6.20 Å². The Labute approximate surface area is 193 Å². The predicted octanol–water partition coefficient (Wildman–Crippen LogP) is 0.784. The molecule has 0 aliphatic carbocycles. The van der Waals surface area contributed by atoms with E-state index in [0.29, 0.717) is 63.1 Å². The van der Waals surface area contributed by atoms with E-state index in [4.69, 9.17) is 9.47 Å². The number of morpholine rings is 2. The third kappa shape index (κ3) is 6.08. The number of rotatable bonds is 7. The van der Waals surface area contributed by atoms with Crippen molar-refractivity contribution in [3.8, 4) is 0 Å². The number of aromatic amines is 1. The van der Waals surface area contributed by atoms with E-state index in [-0.39, 0.29) is 24.0 Å². The molecular formula is C23H32N6O4. The summed E-state index contributed by atoms with van der Waals surface area (Å²) in [5, 5.41) is 2.91. The Bertz CT molecular complexity index is 1000. The molecule has 2 aromatic rings. The second-order valence-corrected chi connectivity index (χ2v) is 8.48. The number of H-pyrrole nitrogens is 1. The zero-order valence-corrected chi connectivity index (χ0v) is 19.3. The van der Waals surface area contributed by atoms with Gasteiger partial charge < -0.3 is 24.6 Å². The summed E-state index contributed by atoms with van der Waals surface area (Å²) < 4.78 is 10.9. The topological polar surface area (TPSA) is 113 Å². The quantitative estimate of drug-likeness (QED) is 0.629. The Kier molecular flexibility index (Phi) is 7.56. The van der Waals surface area contributed by atoms with Crippen LogP contribution in [0.1, 0.15) is 30.2 Å². The lowest BCUT2D eigenvalue weighted by atomic mass is 10.1. The van der Waals surface area contributed by atoms with Crippen LogP contribution in [0.2, 0.25) is 0 Å². The van der Waals surface area contributed by atoms with Gasteiger partial charge in [0.2, 0.25) is 11.9 Å². The molecule has 2 N–H and O–H groups in total. The molecule has 0 radical (unpaired) electrons. The number of amides is 1. The molecule has 4 rings (SSSR count). The van der Waals surface area contributed by atoms with Crippen LogP contribution in [0.5, 0.6) is 0 Å². The van der Waals surface area contributed by atoms with Gasteiger partial charge >= 0.3 is 0 Å². The van der Waals surface area contributed by atoms with E-state index >= 15 is 0 Å². The van der Waals surface area contributed by atoms with Gasteiger partial charge in [-0.15, -0.1) is 0 Å². The van der Waals surface area contributed by atoms with Gasteiger partial charge in [0.25, 0.3) is 5.56 Å². The maximum atomic E-state index is 12.6. The van der Waals surface area contributed by atoms with Gasteiger partial charge in [-0.2, -0.15) is 0 Å². The summed E-state index contributed by atoms with van der Waals surface area (Å²) in [6.45, 7) is 9.26. The number of hydrogen-bond acceptors (Lipinski definition) is 8. The predicted molar refractivity (Wildman–Crippen MR) is 125 cm³/mol. The smallest absolute Gasteiger partial charge is 0.255 e. The van der Waals surface area contributed by atoms with Crippen LogP contribution in [0.15, 0.2) is 23.1 Å². The van der Waals surface area contributed by atoms with Gasteiger partial charge in [-0.1, -0.05) is 6.07 Å². The molecule has 10 heteroatoms. The normalized spacial score (nSPS) is 18.9. The van der Waals surface area contributed by atoms with Crippen molar-refractivity contribution in [2.45, 2.75) is 39.3 Å². The molecule has 2 aliphatic heterocycles. The lowest BCUT2D eigenvalue weighted by Gasteiger charge is -2.32. The Hall–Kier alpha value is -2.98. The first-order valence-electron chi connectivity index (χ1n) is 11.5. The second kappa shape index (κ2) is 10.8. The van der Waals surface area contributed by atoms with Gasteiger partial charge in [0.05, 0.1) is 25.9 Å². The maximum absolute atomic E-state index is 12.6. The van der Waals surface area contributed by atoms with Crippen LogP contribution in [0.3, 0.4) is 0 Å². The number of nitrogens with one attached hydrogen (secondary N) is 2. The Morgan fingerprint density at radius 2 is 2.00 bits per heavy atom. The van der Waals surface area contributed by atoms with Crippen molar-refractivity contribution < 1.29 is 14.3 Å². The molecule has 2 aliphatic rings. The molecule has 2 aromatic heterocycles. The third-order valence-electron chi connectivity index (χ3n) is 5.99. The van der Waals surface area contributed by atoms with Crippen LogP contribution in [-0.2, 0) is 27.2 Å². The second-order valence-electron chi connectivity index (χ2n) is 8.48. The SMILES string of the molecule is Cc1nc(N2CCOCC2)[nH]c(=O)c1CCC(=O)NCc1ccc(N2CCOC(C)C2)nc1. The number of ether oxygens (including phenoxy) is 2. The molecule has 0 spiro atoms. The van der Waals surface area contributed by atoms with Crippen molar-refractivity contribution in [3.05, 3.63) is 45.5 Å². The first-order valence-corrected chi connectivity index (χ1v) is 11.5. The molecular weight excluding hydrogens is 424 g/mol. The van der Waals surface area contributed by atoms with Crippen molar-refractivity contribution in [3.63, 3.8) is 0 Å².